The summed E-state index contributed by atoms with van der Waals surface area (Å²) >= 11 is 3.30. The lowest BCUT2D eigenvalue weighted by Crippen LogP contribution is -2.41. The monoisotopic (exact) mass is 299 g/mol. The number of carbonyl (C=O) groups is 1. The van der Waals surface area contributed by atoms with Crippen molar-refractivity contribution in [2.24, 2.45) is 5.92 Å². The summed E-state index contributed by atoms with van der Waals surface area (Å²) in [6.07, 6.45) is 1.86. The van der Waals surface area contributed by atoms with Gasteiger partial charge < -0.3 is 5.32 Å². The molecule has 0 aliphatic rings. The fraction of sp³-hybridized carbons (Fsp3) is 0.889. The minimum atomic E-state index is -3.23. The third kappa shape index (κ3) is 7.79. The second-order valence-electron chi connectivity index (χ2n) is 3.97. The summed E-state index contributed by atoms with van der Waals surface area (Å²) in [5.41, 5.74) is 0. The zero-order chi connectivity index (χ0) is 12.1. The normalized spacial score (nSPS) is 13.9. The number of amides is 1. The van der Waals surface area contributed by atoms with Crippen LogP contribution in [-0.4, -0.2) is 37.7 Å². The molecule has 0 heterocycles. The molecule has 0 aromatic rings. The first-order valence-electron chi connectivity index (χ1n) is 4.79. The van der Waals surface area contributed by atoms with Crippen LogP contribution in [0.4, 0.5) is 0 Å². The lowest BCUT2D eigenvalue weighted by molar-refractivity contribution is -0.119. The Morgan fingerprint density at radius 2 is 1.93 bits per heavy atom. The lowest BCUT2D eigenvalue weighted by Gasteiger charge is -2.21. The Morgan fingerprint density at radius 1 is 1.40 bits per heavy atom. The predicted molar refractivity (Wildman–Crippen MR) is 64.9 cm³/mol. The molecule has 0 bridgehead atoms. The fourth-order valence-electron chi connectivity index (χ4n) is 1.18. The number of sulfone groups is 1. The van der Waals surface area contributed by atoms with E-state index < -0.39 is 21.5 Å². The van der Waals surface area contributed by atoms with Crippen LogP contribution < -0.4 is 5.32 Å². The van der Waals surface area contributed by atoms with Gasteiger partial charge in [0.2, 0.25) is 5.91 Å². The number of rotatable bonds is 6. The van der Waals surface area contributed by atoms with Gasteiger partial charge in [0.15, 0.2) is 9.84 Å². The summed E-state index contributed by atoms with van der Waals surface area (Å²) in [5, 5.41) is 3.51. The molecule has 6 heteroatoms. The fourth-order valence-corrected chi connectivity index (χ4v) is 2.23. The van der Waals surface area contributed by atoms with E-state index in [4.69, 9.17) is 0 Å². The highest BCUT2D eigenvalue weighted by Gasteiger charge is 2.18. The molecular weight excluding hydrogens is 282 g/mol. The molecular formula is C9H18BrNO3S. The van der Waals surface area contributed by atoms with Crippen molar-refractivity contribution in [3.05, 3.63) is 0 Å². The number of hydrogen-bond acceptors (Lipinski definition) is 3. The SMILES string of the molecule is CC(C)C(CCBr)NC(=O)CS(C)(=O)=O. The average molecular weight is 300 g/mol. The van der Waals surface area contributed by atoms with Gasteiger partial charge in [0, 0.05) is 17.6 Å². The van der Waals surface area contributed by atoms with Crippen LogP contribution in [0.5, 0.6) is 0 Å². The maximum atomic E-state index is 11.3. The highest BCUT2D eigenvalue weighted by Crippen LogP contribution is 2.07. The summed E-state index contributed by atoms with van der Waals surface area (Å²) in [4.78, 5) is 11.3. The van der Waals surface area contributed by atoms with Crippen molar-refractivity contribution < 1.29 is 13.2 Å². The third-order valence-corrected chi connectivity index (χ3v) is 3.21. The van der Waals surface area contributed by atoms with Crippen LogP contribution in [0.2, 0.25) is 0 Å². The van der Waals surface area contributed by atoms with E-state index in [9.17, 15) is 13.2 Å². The maximum Gasteiger partial charge on any atom is 0.235 e. The topological polar surface area (TPSA) is 63.2 Å². The smallest absolute Gasteiger partial charge is 0.235 e. The van der Waals surface area contributed by atoms with Gasteiger partial charge in [-0.1, -0.05) is 29.8 Å². The van der Waals surface area contributed by atoms with Crippen molar-refractivity contribution >= 4 is 31.7 Å². The van der Waals surface area contributed by atoms with E-state index in [0.29, 0.717) is 5.92 Å². The van der Waals surface area contributed by atoms with Gasteiger partial charge in [-0.15, -0.1) is 0 Å². The molecule has 0 saturated carbocycles. The number of nitrogens with one attached hydrogen (secondary N) is 1. The molecule has 15 heavy (non-hydrogen) atoms. The van der Waals surface area contributed by atoms with Crippen LogP contribution in [0.25, 0.3) is 0 Å². The molecule has 0 fully saturated rings. The Hall–Kier alpha value is -0.100. The van der Waals surface area contributed by atoms with Crippen molar-refractivity contribution in [1.82, 2.24) is 5.32 Å². The van der Waals surface area contributed by atoms with Gasteiger partial charge in [-0.2, -0.15) is 0 Å². The van der Waals surface area contributed by atoms with Crippen LogP contribution in [0, 0.1) is 5.92 Å². The Balaban J connectivity index is 4.23. The molecule has 4 nitrogen and oxygen atoms in total. The summed E-state index contributed by atoms with van der Waals surface area (Å²) < 4.78 is 21.8. The van der Waals surface area contributed by atoms with Crippen molar-refractivity contribution in [3.8, 4) is 0 Å². The average Bonchev–Trinajstić information content (AvgIpc) is 1.99. The van der Waals surface area contributed by atoms with E-state index in [1.165, 1.54) is 0 Å². The summed E-state index contributed by atoms with van der Waals surface area (Å²) in [6, 6.07) is 0.0265. The highest BCUT2D eigenvalue weighted by atomic mass is 79.9. The van der Waals surface area contributed by atoms with Crippen LogP contribution in [0.15, 0.2) is 0 Å². The highest BCUT2D eigenvalue weighted by molar-refractivity contribution is 9.09. The first kappa shape index (κ1) is 14.9. The van der Waals surface area contributed by atoms with Crippen LogP contribution in [-0.2, 0) is 14.6 Å². The molecule has 90 valence electrons. The molecule has 1 N–H and O–H groups in total. The van der Waals surface area contributed by atoms with Crippen LogP contribution in [0.1, 0.15) is 20.3 Å². The molecule has 0 aromatic carbocycles. The molecule has 0 aromatic heterocycles. The first-order chi connectivity index (χ1) is 6.76. The number of alkyl halides is 1. The van der Waals surface area contributed by atoms with Crippen molar-refractivity contribution in [2.75, 3.05) is 17.3 Å². The molecule has 0 radical (unpaired) electrons. The quantitative estimate of drug-likeness (QED) is 0.743. The van der Waals surface area contributed by atoms with E-state index in [0.717, 1.165) is 18.0 Å². The van der Waals surface area contributed by atoms with Gasteiger partial charge in [0.25, 0.3) is 0 Å². The summed E-state index contributed by atoms with van der Waals surface area (Å²) in [7, 11) is -3.23. The third-order valence-electron chi connectivity index (χ3n) is 1.96. The molecule has 1 unspecified atom stereocenters. The van der Waals surface area contributed by atoms with Crippen molar-refractivity contribution in [2.45, 2.75) is 26.3 Å². The molecule has 0 aliphatic carbocycles. The lowest BCUT2D eigenvalue weighted by atomic mass is 10.0. The first-order valence-corrected chi connectivity index (χ1v) is 7.97. The van der Waals surface area contributed by atoms with E-state index in [1.807, 2.05) is 13.8 Å². The van der Waals surface area contributed by atoms with E-state index >= 15 is 0 Å². The van der Waals surface area contributed by atoms with Crippen molar-refractivity contribution in [1.29, 1.82) is 0 Å². The molecule has 1 amide bonds. The Morgan fingerprint density at radius 3 is 2.27 bits per heavy atom. The molecule has 0 spiro atoms. The zero-order valence-electron chi connectivity index (χ0n) is 9.29. The van der Waals surface area contributed by atoms with Gasteiger partial charge in [-0.05, 0) is 12.3 Å². The second-order valence-corrected chi connectivity index (χ2v) is 6.90. The Bertz CT molecular complexity index is 300. The number of halogens is 1. The predicted octanol–water partition coefficient (Wildman–Crippen LogP) is 0.957. The van der Waals surface area contributed by atoms with E-state index in [-0.39, 0.29) is 6.04 Å². The standard InChI is InChI=1S/C9H18BrNO3S/c1-7(2)8(4-5-10)11-9(12)6-15(3,13)14/h7-8H,4-6H2,1-3H3,(H,11,12). The zero-order valence-corrected chi connectivity index (χ0v) is 11.7. The van der Waals surface area contributed by atoms with Crippen LogP contribution in [0.3, 0.4) is 0 Å². The van der Waals surface area contributed by atoms with Crippen LogP contribution >= 0.6 is 15.9 Å². The molecule has 0 saturated heterocycles. The minimum absolute atomic E-state index is 0.0265. The van der Waals surface area contributed by atoms with Gasteiger partial charge in [0.05, 0.1) is 0 Å². The summed E-state index contributed by atoms with van der Waals surface area (Å²) in [6.45, 7) is 3.99. The van der Waals surface area contributed by atoms with E-state index in [1.54, 1.807) is 0 Å². The van der Waals surface area contributed by atoms with Gasteiger partial charge >= 0.3 is 0 Å². The van der Waals surface area contributed by atoms with Gasteiger partial charge in [0.1, 0.15) is 5.75 Å². The number of carbonyl (C=O) groups excluding carboxylic acids is 1. The van der Waals surface area contributed by atoms with Gasteiger partial charge in [-0.25, -0.2) is 8.42 Å². The minimum Gasteiger partial charge on any atom is -0.352 e. The largest absolute Gasteiger partial charge is 0.352 e. The maximum absolute atomic E-state index is 11.3. The number of hydrogen-bond donors (Lipinski definition) is 1. The molecule has 1 atom stereocenters. The van der Waals surface area contributed by atoms with Gasteiger partial charge in [-0.3, -0.25) is 4.79 Å². The van der Waals surface area contributed by atoms with E-state index in [2.05, 4.69) is 21.2 Å². The molecule has 0 rings (SSSR count). The Kier molecular flexibility index (Phi) is 6.43. The summed E-state index contributed by atoms with van der Waals surface area (Å²) in [5.74, 6) is -0.554. The van der Waals surface area contributed by atoms with Crippen molar-refractivity contribution in [3.63, 3.8) is 0 Å². The second kappa shape index (κ2) is 6.48. The Labute approximate surface area is 99.9 Å². The molecule has 0 aliphatic heterocycles.